The SMILES string of the molecule is COc1ccc(Cl)c2sc(N(CCN3CCOCC3)C(=O)CN(C)S(C)(=O)=O)nc12. The first-order valence-corrected chi connectivity index (χ1v) is 12.4. The van der Waals surface area contributed by atoms with Gasteiger partial charge in [-0.25, -0.2) is 13.4 Å². The summed E-state index contributed by atoms with van der Waals surface area (Å²) >= 11 is 7.61. The largest absolute Gasteiger partial charge is 0.494 e. The number of anilines is 1. The number of methoxy groups -OCH3 is 1. The Bertz CT molecular complexity index is 1010. The second-order valence-electron chi connectivity index (χ2n) is 6.94. The van der Waals surface area contributed by atoms with Crippen LogP contribution in [0.5, 0.6) is 5.75 Å². The van der Waals surface area contributed by atoms with Crippen LogP contribution in [0.4, 0.5) is 5.13 Å². The smallest absolute Gasteiger partial charge is 0.244 e. The molecule has 1 aliphatic rings. The number of morpholine rings is 1. The zero-order valence-corrected chi connectivity index (χ0v) is 19.5. The van der Waals surface area contributed by atoms with Crippen LogP contribution in [0.3, 0.4) is 0 Å². The zero-order valence-electron chi connectivity index (χ0n) is 17.1. The van der Waals surface area contributed by atoms with Gasteiger partial charge in [0, 0.05) is 33.2 Å². The van der Waals surface area contributed by atoms with Crippen LogP contribution in [0.15, 0.2) is 12.1 Å². The van der Waals surface area contributed by atoms with Gasteiger partial charge in [-0.3, -0.25) is 14.6 Å². The Hall–Kier alpha value is -1.50. The molecule has 1 fully saturated rings. The number of hydrogen-bond acceptors (Lipinski definition) is 8. The summed E-state index contributed by atoms with van der Waals surface area (Å²) in [6.07, 6.45) is 1.07. The summed E-state index contributed by atoms with van der Waals surface area (Å²) in [7, 11) is -0.564. The molecule has 1 saturated heterocycles. The third kappa shape index (κ3) is 5.40. The molecule has 166 valence electrons. The van der Waals surface area contributed by atoms with Crippen molar-refractivity contribution in [2.75, 3.05) is 71.3 Å². The number of carbonyl (C=O) groups is 1. The Balaban J connectivity index is 1.90. The number of benzene rings is 1. The lowest BCUT2D eigenvalue weighted by Gasteiger charge is -2.29. The Morgan fingerprint density at radius 3 is 2.70 bits per heavy atom. The van der Waals surface area contributed by atoms with Gasteiger partial charge in [-0.1, -0.05) is 22.9 Å². The minimum absolute atomic E-state index is 0.275. The van der Waals surface area contributed by atoms with E-state index >= 15 is 0 Å². The van der Waals surface area contributed by atoms with E-state index in [1.54, 1.807) is 19.2 Å². The normalized spacial score (nSPS) is 15.6. The second-order valence-corrected chi connectivity index (χ2v) is 10.4. The number of ether oxygens (including phenoxy) is 2. The van der Waals surface area contributed by atoms with Crippen molar-refractivity contribution in [3.05, 3.63) is 17.2 Å². The zero-order chi connectivity index (χ0) is 21.9. The van der Waals surface area contributed by atoms with Gasteiger partial charge in [0.2, 0.25) is 15.9 Å². The molecule has 3 rings (SSSR count). The molecule has 1 aliphatic heterocycles. The van der Waals surface area contributed by atoms with Crippen molar-refractivity contribution in [1.82, 2.24) is 14.2 Å². The number of aromatic nitrogens is 1. The van der Waals surface area contributed by atoms with E-state index < -0.39 is 10.0 Å². The van der Waals surface area contributed by atoms with Gasteiger partial charge >= 0.3 is 0 Å². The van der Waals surface area contributed by atoms with E-state index in [2.05, 4.69) is 9.88 Å². The average molecular weight is 477 g/mol. The molecule has 0 unspecified atom stereocenters. The van der Waals surface area contributed by atoms with E-state index in [-0.39, 0.29) is 12.5 Å². The highest BCUT2D eigenvalue weighted by Gasteiger charge is 2.26. The van der Waals surface area contributed by atoms with Crippen molar-refractivity contribution >= 4 is 54.2 Å². The Labute approximate surface area is 185 Å². The highest BCUT2D eigenvalue weighted by molar-refractivity contribution is 7.88. The minimum atomic E-state index is -3.49. The molecular formula is C18H25ClN4O5S2. The Morgan fingerprint density at radius 2 is 2.07 bits per heavy atom. The van der Waals surface area contributed by atoms with Crippen molar-refractivity contribution in [1.29, 1.82) is 0 Å². The van der Waals surface area contributed by atoms with E-state index in [1.807, 2.05) is 0 Å². The molecule has 0 aliphatic carbocycles. The number of fused-ring (bicyclic) bond motifs is 1. The van der Waals surface area contributed by atoms with Crippen LogP contribution >= 0.6 is 22.9 Å². The molecule has 12 heteroatoms. The first-order valence-electron chi connectivity index (χ1n) is 9.35. The molecule has 9 nitrogen and oxygen atoms in total. The molecule has 2 heterocycles. The highest BCUT2D eigenvalue weighted by atomic mass is 35.5. The van der Waals surface area contributed by atoms with E-state index in [1.165, 1.54) is 23.3 Å². The summed E-state index contributed by atoms with van der Waals surface area (Å²) < 4.78 is 36.1. The monoisotopic (exact) mass is 476 g/mol. The van der Waals surface area contributed by atoms with Crippen LogP contribution in [0.25, 0.3) is 10.2 Å². The molecule has 30 heavy (non-hydrogen) atoms. The molecule has 0 saturated carbocycles. The van der Waals surface area contributed by atoms with Crippen molar-refractivity contribution in [3.8, 4) is 5.75 Å². The fourth-order valence-electron chi connectivity index (χ4n) is 3.01. The predicted octanol–water partition coefficient (Wildman–Crippen LogP) is 1.51. The van der Waals surface area contributed by atoms with Crippen LogP contribution in [-0.2, 0) is 19.6 Å². The minimum Gasteiger partial charge on any atom is -0.494 e. The molecule has 1 amide bonds. The average Bonchev–Trinajstić information content (AvgIpc) is 3.14. The molecule has 2 aromatic rings. The number of carbonyl (C=O) groups excluding carboxylic acids is 1. The number of thiazole rings is 1. The molecule has 0 bridgehead atoms. The molecule has 0 radical (unpaired) electrons. The maximum Gasteiger partial charge on any atom is 0.244 e. The number of likely N-dealkylation sites (N-methyl/N-ethyl adjacent to an activating group) is 1. The molecule has 0 atom stereocenters. The van der Waals surface area contributed by atoms with E-state index in [0.717, 1.165) is 23.7 Å². The number of rotatable bonds is 8. The third-order valence-electron chi connectivity index (χ3n) is 4.87. The van der Waals surface area contributed by atoms with Crippen LogP contribution in [-0.4, -0.2) is 94.9 Å². The van der Waals surface area contributed by atoms with Gasteiger partial charge in [0.05, 0.1) is 42.8 Å². The third-order valence-corrected chi connectivity index (χ3v) is 7.67. The fourth-order valence-corrected chi connectivity index (χ4v) is 4.65. The number of hydrogen-bond donors (Lipinski definition) is 0. The lowest BCUT2D eigenvalue weighted by molar-refractivity contribution is -0.118. The molecule has 0 spiro atoms. The standard InChI is InChI=1S/C18H25ClN4O5S2/c1-21(30(3,25)26)12-15(24)23(7-6-22-8-10-28-11-9-22)18-20-16-14(27-2)5-4-13(19)17(16)29-18/h4-5H,6-12H2,1-3H3. The molecule has 0 N–H and O–H groups in total. The fraction of sp³-hybridized carbons (Fsp3) is 0.556. The van der Waals surface area contributed by atoms with Crippen molar-refractivity contribution in [3.63, 3.8) is 0 Å². The summed E-state index contributed by atoms with van der Waals surface area (Å²) in [5.41, 5.74) is 0.575. The van der Waals surface area contributed by atoms with Crippen LogP contribution < -0.4 is 9.64 Å². The number of halogens is 1. The van der Waals surface area contributed by atoms with Gasteiger partial charge in [-0.2, -0.15) is 4.31 Å². The Kier molecular flexibility index (Phi) is 7.53. The van der Waals surface area contributed by atoms with Crippen LogP contribution in [0, 0.1) is 0 Å². The summed E-state index contributed by atoms with van der Waals surface area (Å²) in [6, 6.07) is 3.45. The summed E-state index contributed by atoms with van der Waals surface area (Å²) in [6.45, 7) is 3.59. The van der Waals surface area contributed by atoms with Gasteiger partial charge in [0.15, 0.2) is 5.13 Å². The van der Waals surface area contributed by atoms with Gasteiger partial charge < -0.3 is 9.47 Å². The van der Waals surface area contributed by atoms with E-state index in [0.29, 0.717) is 52.4 Å². The predicted molar refractivity (Wildman–Crippen MR) is 118 cm³/mol. The first-order chi connectivity index (χ1) is 14.2. The lowest BCUT2D eigenvalue weighted by atomic mass is 10.3. The van der Waals surface area contributed by atoms with Crippen molar-refractivity contribution in [2.24, 2.45) is 0 Å². The maximum atomic E-state index is 13.1. The highest BCUT2D eigenvalue weighted by Crippen LogP contribution is 2.38. The van der Waals surface area contributed by atoms with Gasteiger partial charge in [0.25, 0.3) is 0 Å². The lowest BCUT2D eigenvalue weighted by Crippen LogP contribution is -2.46. The Morgan fingerprint density at radius 1 is 1.37 bits per heavy atom. The number of nitrogens with zero attached hydrogens (tertiary/aromatic N) is 4. The van der Waals surface area contributed by atoms with Crippen molar-refractivity contribution in [2.45, 2.75) is 0 Å². The number of amides is 1. The summed E-state index contributed by atoms with van der Waals surface area (Å²) in [5, 5.41) is 0.972. The van der Waals surface area contributed by atoms with Crippen molar-refractivity contribution < 1.29 is 22.7 Å². The van der Waals surface area contributed by atoms with Gasteiger partial charge in [0.1, 0.15) is 11.3 Å². The van der Waals surface area contributed by atoms with Gasteiger partial charge in [-0.15, -0.1) is 0 Å². The topological polar surface area (TPSA) is 92.3 Å². The maximum absolute atomic E-state index is 13.1. The molecular weight excluding hydrogens is 452 g/mol. The number of sulfonamides is 1. The second kappa shape index (κ2) is 9.75. The van der Waals surface area contributed by atoms with E-state index in [9.17, 15) is 13.2 Å². The molecule has 1 aromatic heterocycles. The first kappa shape index (κ1) is 23.2. The van der Waals surface area contributed by atoms with Gasteiger partial charge in [-0.05, 0) is 12.1 Å². The molecule has 1 aromatic carbocycles. The summed E-state index contributed by atoms with van der Waals surface area (Å²) in [5.74, 6) is 0.205. The van der Waals surface area contributed by atoms with Crippen LogP contribution in [0.1, 0.15) is 0 Å². The van der Waals surface area contributed by atoms with Crippen LogP contribution in [0.2, 0.25) is 5.02 Å². The quantitative estimate of drug-likeness (QED) is 0.570. The summed E-state index contributed by atoms with van der Waals surface area (Å²) in [4.78, 5) is 21.4. The van der Waals surface area contributed by atoms with E-state index in [4.69, 9.17) is 21.1 Å².